The lowest BCUT2D eigenvalue weighted by molar-refractivity contribution is -0.378. The van der Waals surface area contributed by atoms with Gasteiger partial charge in [0.2, 0.25) is 5.79 Å². The molecule has 0 radical (unpaired) electrons. The highest BCUT2D eigenvalue weighted by Gasteiger charge is 2.57. The van der Waals surface area contributed by atoms with Gasteiger partial charge >= 0.3 is 5.97 Å². The van der Waals surface area contributed by atoms with Gasteiger partial charge in [-0.25, -0.2) is 4.79 Å². The van der Waals surface area contributed by atoms with Gasteiger partial charge in [0.1, 0.15) is 24.4 Å². The van der Waals surface area contributed by atoms with Gasteiger partial charge in [0.05, 0.1) is 38.6 Å². The lowest BCUT2D eigenvalue weighted by atomic mass is 9.85. The predicted octanol–water partition coefficient (Wildman–Crippen LogP) is 7.21. The molecule has 0 bridgehead atoms. The van der Waals surface area contributed by atoms with Crippen LogP contribution in [0.4, 0.5) is 0 Å². The van der Waals surface area contributed by atoms with Crippen molar-refractivity contribution in [1.29, 1.82) is 0 Å². The predicted molar refractivity (Wildman–Crippen MR) is 188 cm³/mol. The smallest absolute Gasteiger partial charge is 0.335 e. The molecule has 2 N–H and O–H groups in total. The lowest BCUT2D eigenvalue weighted by Gasteiger charge is -2.50. The number of aryl methyl sites for hydroxylation is 1. The molecule has 5 atom stereocenters. The fourth-order valence-electron chi connectivity index (χ4n) is 6.21. The van der Waals surface area contributed by atoms with Crippen molar-refractivity contribution in [2.75, 3.05) is 6.61 Å². The van der Waals surface area contributed by atoms with Gasteiger partial charge in [0, 0.05) is 5.56 Å². The Morgan fingerprint density at radius 3 is 1.60 bits per heavy atom. The molecule has 258 valence electrons. The summed E-state index contributed by atoms with van der Waals surface area (Å²) in [5.74, 6) is -3.28. The third-order valence-corrected chi connectivity index (χ3v) is 8.81. The molecule has 50 heavy (non-hydrogen) atoms. The molecule has 0 saturated carbocycles. The second-order valence-electron chi connectivity index (χ2n) is 12.4. The highest BCUT2D eigenvalue weighted by atomic mass is 16.7. The van der Waals surface area contributed by atoms with Gasteiger partial charge in [0.25, 0.3) is 0 Å². The molecule has 0 aliphatic carbocycles. The van der Waals surface area contributed by atoms with Crippen LogP contribution >= 0.6 is 0 Å². The molecular weight excluding hydrogens is 632 g/mol. The van der Waals surface area contributed by atoms with Gasteiger partial charge in [-0.05, 0) is 46.9 Å². The fourth-order valence-corrected chi connectivity index (χ4v) is 6.21. The van der Waals surface area contributed by atoms with E-state index in [-0.39, 0.29) is 37.6 Å². The van der Waals surface area contributed by atoms with Gasteiger partial charge < -0.3 is 33.9 Å². The summed E-state index contributed by atoms with van der Waals surface area (Å²) < 4.78 is 33.0. The Balaban J connectivity index is 1.42. The van der Waals surface area contributed by atoms with E-state index in [1.807, 2.05) is 121 Å². The first kappa shape index (κ1) is 35.2. The maximum absolute atomic E-state index is 12.9. The number of carbonyl (C=O) groups is 1. The quantitative estimate of drug-likeness (QED) is 0.120. The summed E-state index contributed by atoms with van der Waals surface area (Å²) in [6.07, 6.45) is -3.66. The second-order valence-corrected chi connectivity index (χ2v) is 12.4. The minimum atomic E-state index is -2.15. The molecule has 1 unspecified atom stereocenters. The normalized spacial score (nSPS) is 21.9. The number of carboxylic acids is 1. The Bertz CT molecular complexity index is 1780. The van der Waals surface area contributed by atoms with E-state index in [9.17, 15) is 15.0 Å². The highest BCUT2D eigenvalue weighted by molar-refractivity contribution is 5.88. The van der Waals surface area contributed by atoms with E-state index >= 15 is 0 Å². The van der Waals surface area contributed by atoms with E-state index in [1.165, 1.54) is 12.1 Å². The second kappa shape index (κ2) is 16.8. The van der Waals surface area contributed by atoms with Crippen LogP contribution in [0.5, 0.6) is 0 Å². The number of ether oxygens (including phenoxy) is 5. The van der Waals surface area contributed by atoms with E-state index in [1.54, 1.807) is 13.0 Å². The maximum atomic E-state index is 12.9. The summed E-state index contributed by atoms with van der Waals surface area (Å²) in [5.41, 5.74) is 4.62. The molecule has 0 spiro atoms. The standard InChI is InChI=1S/C42H42O8/c1-30-22-23-35(41(43)44)24-36(30)42(45)40(49-28-34-20-12-5-13-21-34)39(48-27-33-18-10-4-11-19-33)38(47-26-32-16-8-3-9-17-32)37(50-42)29-46-25-31-14-6-2-7-15-31/h2-24,37-40,45H,25-29H2,1H3,(H,43,44)/t37-,38-,39+,40-,42?/m1/s1. The Hall–Kier alpha value is -4.67. The first-order valence-electron chi connectivity index (χ1n) is 16.7. The molecule has 0 aromatic heterocycles. The van der Waals surface area contributed by atoms with Crippen molar-refractivity contribution in [3.05, 3.63) is 178 Å². The molecule has 1 aliphatic heterocycles. The van der Waals surface area contributed by atoms with Gasteiger partial charge in [-0.2, -0.15) is 0 Å². The molecule has 8 heteroatoms. The van der Waals surface area contributed by atoms with Crippen molar-refractivity contribution in [3.63, 3.8) is 0 Å². The van der Waals surface area contributed by atoms with Crippen LogP contribution in [0, 0.1) is 6.92 Å². The van der Waals surface area contributed by atoms with Gasteiger partial charge in [0.15, 0.2) is 0 Å². The first-order chi connectivity index (χ1) is 24.4. The number of aromatic carboxylic acids is 1. The molecular formula is C42H42O8. The topological polar surface area (TPSA) is 104 Å². The number of hydrogen-bond donors (Lipinski definition) is 2. The van der Waals surface area contributed by atoms with E-state index < -0.39 is 36.2 Å². The summed E-state index contributed by atoms with van der Waals surface area (Å²) in [6.45, 7) is 2.72. The largest absolute Gasteiger partial charge is 0.478 e. The van der Waals surface area contributed by atoms with Crippen molar-refractivity contribution in [3.8, 4) is 0 Å². The molecule has 1 fully saturated rings. The minimum Gasteiger partial charge on any atom is -0.478 e. The zero-order chi connectivity index (χ0) is 34.8. The molecule has 6 rings (SSSR count). The summed E-state index contributed by atoms with van der Waals surface area (Å²) >= 11 is 0. The van der Waals surface area contributed by atoms with Crippen LogP contribution in [0.3, 0.4) is 0 Å². The Labute approximate surface area is 292 Å². The number of benzene rings is 5. The van der Waals surface area contributed by atoms with E-state index in [4.69, 9.17) is 23.7 Å². The third kappa shape index (κ3) is 8.73. The SMILES string of the molecule is Cc1ccc(C(=O)O)cc1C1(O)O[C@H](COCc2ccccc2)[C@@H](OCc2ccccc2)[C@H](OCc2ccccc2)[C@H]1OCc1ccccc1. The van der Waals surface area contributed by atoms with Crippen LogP contribution < -0.4 is 0 Å². The first-order valence-corrected chi connectivity index (χ1v) is 16.7. The van der Waals surface area contributed by atoms with Crippen LogP contribution in [0.15, 0.2) is 140 Å². The van der Waals surface area contributed by atoms with E-state index in [2.05, 4.69) is 0 Å². The van der Waals surface area contributed by atoms with E-state index in [0.29, 0.717) is 12.2 Å². The van der Waals surface area contributed by atoms with E-state index in [0.717, 1.165) is 22.3 Å². The van der Waals surface area contributed by atoms with Crippen LogP contribution in [0.1, 0.15) is 43.7 Å². The Morgan fingerprint density at radius 2 is 1.10 bits per heavy atom. The summed E-state index contributed by atoms with van der Waals surface area (Å²) in [5, 5.41) is 22.8. The van der Waals surface area contributed by atoms with Gasteiger partial charge in [-0.3, -0.25) is 0 Å². The Kier molecular flexibility index (Phi) is 11.8. The molecule has 5 aromatic rings. The van der Waals surface area contributed by atoms with Gasteiger partial charge in [-0.15, -0.1) is 0 Å². The lowest BCUT2D eigenvalue weighted by Crippen LogP contribution is -2.65. The van der Waals surface area contributed by atoms with Crippen molar-refractivity contribution in [2.24, 2.45) is 0 Å². The van der Waals surface area contributed by atoms with Crippen molar-refractivity contribution in [2.45, 2.75) is 63.6 Å². The monoisotopic (exact) mass is 674 g/mol. The number of rotatable bonds is 15. The number of hydrogen-bond acceptors (Lipinski definition) is 7. The number of aliphatic hydroxyl groups is 1. The molecule has 5 aromatic carbocycles. The van der Waals surface area contributed by atoms with Crippen LogP contribution in [-0.4, -0.2) is 47.2 Å². The minimum absolute atomic E-state index is 0.00511. The molecule has 0 amide bonds. The molecule has 1 aliphatic rings. The summed E-state index contributed by atoms with van der Waals surface area (Å²) in [4.78, 5) is 12.2. The maximum Gasteiger partial charge on any atom is 0.335 e. The average Bonchev–Trinajstić information content (AvgIpc) is 3.15. The van der Waals surface area contributed by atoms with Crippen molar-refractivity contribution < 1.29 is 38.7 Å². The van der Waals surface area contributed by atoms with Crippen molar-refractivity contribution >= 4 is 5.97 Å². The van der Waals surface area contributed by atoms with Crippen LogP contribution in [0.2, 0.25) is 0 Å². The third-order valence-electron chi connectivity index (χ3n) is 8.81. The average molecular weight is 675 g/mol. The highest BCUT2D eigenvalue weighted by Crippen LogP contribution is 2.43. The molecule has 1 saturated heterocycles. The van der Waals surface area contributed by atoms with Crippen LogP contribution in [0.25, 0.3) is 0 Å². The Morgan fingerprint density at radius 1 is 0.640 bits per heavy atom. The fraction of sp³-hybridized carbons (Fsp3) is 0.262. The zero-order valence-corrected chi connectivity index (χ0v) is 28.0. The van der Waals surface area contributed by atoms with Crippen molar-refractivity contribution in [1.82, 2.24) is 0 Å². The zero-order valence-electron chi connectivity index (χ0n) is 28.0. The summed E-state index contributed by atoms with van der Waals surface area (Å²) in [7, 11) is 0. The number of carboxylic acid groups (broad SMARTS) is 1. The van der Waals surface area contributed by atoms with Gasteiger partial charge in [-0.1, -0.05) is 127 Å². The molecule has 8 nitrogen and oxygen atoms in total. The molecule has 1 heterocycles. The summed E-state index contributed by atoms with van der Waals surface area (Å²) in [6, 6.07) is 43.5. The van der Waals surface area contributed by atoms with Crippen LogP contribution in [-0.2, 0) is 55.9 Å².